The molecule has 106 valence electrons. The van der Waals surface area contributed by atoms with E-state index < -0.39 is 0 Å². The van der Waals surface area contributed by atoms with E-state index in [1.165, 1.54) is 23.9 Å². The molecule has 0 saturated heterocycles. The zero-order chi connectivity index (χ0) is 14.8. The van der Waals surface area contributed by atoms with Gasteiger partial charge in [0, 0.05) is 28.5 Å². The van der Waals surface area contributed by atoms with Crippen LogP contribution in [0.5, 0.6) is 0 Å². The van der Waals surface area contributed by atoms with Crippen LogP contribution < -0.4 is 11.1 Å². The molecule has 5 heteroatoms. The van der Waals surface area contributed by atoms with Crippen LogP contribution in [0.1, 0.15) is 5.56 Å². The molecule has 0 unspecified atom stereocenters. The first-order chi connectivity index (χ1) is 10.1. The number of thioether (sulfide) groups is 1. The standard InChI is InChI=1S/C16H14FN3S/c17-12-7-5-11(6-8-12)9-20-10-15(21-16(18)19)13-3-1-2-4-14(13)20/h1-8,10H,9H2,(H3,18,19)/p+1. The fraction of sp³-hybridized carbons (Fsp3) is 0.0625. The normalized spacial score (nSPS) is 10.9. The number of amidine groups is 1. The summed E-state index contributed by atoms with van der Waals surface area (Å²) in [6.45, 7) is 0.672. The summed E-state index contributed by atoms with van der Waals surface area (Å²) in [6.07, 6.45) is 2.03. The van der Waals surface area contributed by atoms with E-state index in [1.807, 2.05) is 24.4 Å². The average Bonchev–Trinajstić information content (AvgIpc) is 2.79. The van der Waals surface area contributed by atoms with Gasteiger partial charge in [0.05, 0.1) is 0 Å². The molecule has 0 fully saturated rings. The molecule has 3 aromatic rings. The molecule has 3 rings (SSSR count). The third-order valence-corrected chi connectivity index (χ3v) is 4.03. The zero-order valence-electron chi connectivity index (χ0n) is 11.3. The molecule has 1 aromatic heterocycles. The molecular formula is C16H15FN3S+. The number of halogens is 1. The summed E-state index contributed by atoms with van der Waals surface area (Å²) in [4.78, 5) is 1.02. The van der Waals surface area contributed by atoms with Crippen molar-refractivity contribution >= 4 is 27.8 Å². The van der Waals surface area contributed by atoms with Gasteiger partial charge in [0.2, 0.25) is 0 Å². The van der Waals surface area contributed by atoms with Crippen LogP contribution in [-0.4, -0.2) is 9.73 Å². The van der Waals surface area contributed by atoms with E-state index in [0.29, 0.717) is 11.7 Å². The number of para-hydroxylation sites is 1. The van der Waals surface area contributed by atoms with Crippen LogP contribution in [-0.2, 0) is 6.54 Å². The molecule has 21 heavy (non-hydrogen) atoms. The van der Waals surface area contributed by atoms with Crippen molar-refractivity contribution in [2.45, 2.75) is 11.4 Å². The van der Waals surface area contributed by atoms with Crippen molar-refractivity contribution in [3.63, 3.8) is 0 Å². The van der Waals surface area contributed by atoms with Gasteiger partial charge in [0.25, 0.3) is 0 Å². The highest BCUT2D eigenvalue weighted by Gasteiger charge is 2.11. The van der Waals surface area contributed by atoms with Gasteiger partial charge in [-0.05, 0) is 35.5 Å². The quantitative estimate of drug-likeness (QED) is 0.441. The van der Waals surface area contributed by atoms with Crippen LogP contribution in [0, 0.1) is 5.82 Å². The lowest BCUT2D eigenvalue weighted by Gasteiger charge is -2.05. The zero-order valence-corrected chi connectivity index (χ0v) is 12.1. The summed E-state index contributed by atoms with van der Waals surface area (Å²) in [5.41, 5.74) is 7.74. The van der Waals surface area contributed by atoms with E-state index in [2.05, 4.69) is 10.6 Å². The molecule has 2 aromatic carbocycles. The lowest BCUT2D eigenvalue weighted by atomic mass is 10.2. The first kappa shape index (κ1) is 13.7. The molecule has 0 radical (unpaired) electrons. The number of hydrogen-bond acceptors (Lipinski definition) is 1. The predicted molar refractivity (Wildman–Crippen MR) is 84.4 cm³/mol. The fourth-order valence-electron chi connectivity index (χ4n) is 2.34. The Hall–Kier alpha value is -2.27. The van der Waals surface area contributed by atoms with Gasteiger partial charge in [0.1, 0.15) is 5.82 Å². The summed E-state index contributed by atoms with van der Waals surface area (Å²) in [5.74, 6) is -0.224. The number of rotatable bonds is 3. The Morgan fingerprint density at radius 1 is 1.14 bits per heavy atom. The second-order valence-electron chi connectivity index (χ2n) is 4.77. The molecule has 1 heterocycles. The highest BCUT2D eigenvalue weighted by atomic mass is 32.2. The van der Waals surface area contributed by atoms with Crippen LogP contribution in [0.3, 0.4) is 0 Å². The summed E-state index contributed by atoms with van der Waals surface area (Å²) < 4.78 is 15.1. The summed E-state index contributed by atoms with van der Waals surface area (Å²) in [6, 6.07) is 14.6. The van der Waals surface area contributed by atoms with Crippen molar-refractivity contribution in [2.24, 2.45) is 5.73 Å². The largest absolute Gasteiger partial charge is 0.342 e. The van der Waals surface area contributed by atoms with Gasteiger partial charge in [-0.2, -0.15) is 0 Å². The molecule has 3 nitrogen and oxygen atoms in total. The van der Waals surface area contributed by atoms with Crippen LogP contribution >= 0.6 is 11.8 Å². The van der Waals surface area contributed by atoms with Crippen molar-refractivity contribution in [2.75, 3.05) is 0 Å². The number of nitrogens with zero attached hydrogens (tertiary/aromatic N) is 1. The van der Waals surface area contributed by atoms with Crippen LogP contribution in [0.15, 0.2) is 59.6 Å². The number of hydrogen-bond donors (Lipinski definition) is 2. The van der Waals surface area contributed by atoms with Crippen molar-refractivity contribution < 1.29 is 9.80 Å². The second kappa shape index (κ2) is 5.61. The average molecular weight is 300 g/mol. The SMILES string of the molecule is NC(=[NH2+])Sc1cn(Cc2ccc(F)cc2)c2ccccc12. The van der Waals surface area contributed by atoms with E-state index in [0.717, 1.165) is 21.4 Å². The van der Waals surface area contributed by atoms with Crippen molar-refractivity contribution in [3.8, 4) is 0 Å². The van der Waals surface area contributed by atoms with Crippen LogP contribution in [0.2, 0.25) is 0 Å². The van der Waals surface area contributed by atoms with E-state index >= 15 is 0 Å². The molecule has 0 bridgehead atoms. The molecule has 0 aliphatic carbocycles. The van der Waals surface area contributed by atoms with E-state index in [4.69, 9.17) is 11.1 Å². The highest BCUT2D eigenvalue weighted by Crippen LogP contribution is 2.29. The first-order valence-corrected chi connectivity index (χ1v) is 7.33. The Morgan fingerprint density at radius 2 is 1.86 bits per heavy atom. The van der Waals surface area contributed by atoms with Gasteiger partial charge < -0.3 is 4.57 Å². The van der Waals surface area contributed by atoms with Gasteiger partial charge >= 0.3 is 5.17 Å². The van der Waals surface area contributed by atoms with Crippen molar-refractivity contribution in [3.05, 3.63) is 66.1 Å². The Bertz CT molecular complexity index is 793. The minimum absolute atomic E-state index is 0.224. The minimum Gasteiger partial charge on any atom is -0.342 e. The molecule has 0 spiro atoms. The fourth-order valence-corrected chi connectivity index (χ4v) is 3.06. The lowest BCUT2D eigenvalue weighted by molar-refractivity contribution is -0.110. The van der Waals surface area contributed by atoms with Gasteiger partial charge in [-0.15, -0.1) is 0 Å². The maximum absolute atomic E-state index is 13.0. The van der Waals surface area contributed by atoms with Gasteiger partial charge in [-0.1, -0.05) is 30.3 Å². The summed E-state index contributed by atoms with van der Waals surface area (Å²) in [7, 11) is 0. The third kappa shape index (κ3) is 2.92. The predicted octanol–water partition coefficient (Wildman–Crippen LogP) is 1.99. The topological polar surface area (TPSA) is 56.5 Å². The smallest absolute Gasteiger partial charge is 0.304 e. The van der Waals surface area contributed by atoms with E-state index in [-0.39, 0.29) is 5.82 Å². The lowest BCUT2D eigenvalue weighted by Crippen LogP contribution is -2.43. The van der Waals surface area contributed by atoms with E-state index in [9.17, 15) is 4.39 Å². The maximum Gasteiger partial charge on any atom is 0.304 e. The molecule has 0 saturated carbocycles. The second-order valence-corrected chi connectivity index (χ2v) is 5.88. The third-order valence-electron chi connectivity index (χ3n) is 3.25. The van der Waals surface area contributed by atoms with Crippen molar-refractivity contribution in [1.82, 2.24) is 4.57 Å². The van der Waals surface area contributed by atoms with Crippen molar-refractivity contribution in [1.29, 1.82) is 0 Å². The molecule has 4 N–H and O–H groups in total. The Kier molecular flexibility index (Phi) is 3.66. The summed E-state index contributed by atoms with van der Waals surface area (Å²) >= 11 is 1.35. The number of fused-ring (bicyclic) bond motifs is 1. The monoisotopic (exact) mass is 300 g/mol. The molecule has 0 aliphatic heterocycles. The molecule has 0 amide bonds. The van der Waals surface area contributed by atoms with E-state index in [1.54, 1.807) is 12.1 Å². The maximum atomic E-state index is 13.0. The van der Waals surface area contributed by atoms with Gasteiger partial charge in [0.15, 0.2) is 0 Å². The number of aromatic nitrogens is 1. The molecule has 0 aliphatic rings. The van der Waals surface area contributed by atoms with Crippen LogP contribution in [0.25, 0.3) is 10.9 Å². The Morgan fingerprint density at radius 3 is 2.57 bits per heavy atom. The molecule has 0 atom stereocenters. The summed E-state index contributed by atoms with van der Waals surface area (Å²) in [5, 5.41) is 7.03. The Labute approximate surface area is 126 Å². The Balaban J connectivity index is 2.01. The number of benzene rings is 2. The van der Waals surface area contributed by atoms with Gasteiger partial charge in [-0.25, -0.2) is 4.39 Å². The highest BCUT2D eigenvalue weighted by molar-refractivity contribution is 8.13. The van der Waals surface area contributed by atoms with Gasteiger partial charge in [-0.3, -0.25) is 11.1 Å². The van der Waals surface area contributed by atoms with Crippen LogP contribution in [0.4, 0.5) is 4.39 Å². The molecular weight excluding hydrogens is 285 g/mol. The first-order valence-electron chi connectivity index (χ1n) is 6.51. The minimum atomic E-state index is -0.224. The number of nitrogens with two attached hydrogens (primary N) is 2.